The van der Waals surface area contributed by atoms with Gasteiger partial charge in [-0.1, -0.05) is 24.4 Å². The topological polar surface area (TPSA) is 44.5 Å². The molecule has 2 N–H and O–H groups in total. The highest BCUT2D eigenvalue weighted by Gasteiger charge is 2.36. The van der Waals surface area contributed by atoms with Gasteiger partial charge in [-0.25, -0.2) is 0 Å². The molecule has 0 saturated carbocycles. The summed E-state index contributed by atoms with van der Waals surface area (Å²) in [6, 6.07) is 6.70. The van der Waals surface area contributed by atoms with Crippen molar-refractivity contribution >= 4 is 17.2 Å². The van der Waals surface area contributed by atoms with Crippen molar-refractivity contribution in [2.24, 2.45) is 5.73 Å². The Morgan fingerprint density at radius 3 is 2.63 bits per heavy atom. The fourth-order valence-electron chi connectivity index (χ4n) is 1.22. The second-order valence-electron chi connectivity index (χ2n) is 3.80. The second-order valence-corrected chi connectivity index (χ2v) is 4.24. The van der Waals surface area contributed by atoms with Gasteiger partial charge >= 0.3 is 6.18 Å². The van der Waals surface area contributed by atoms with E-state index in [9.17, 15) is 13.2 Å². The molecule has 1 unspecified atom stereocenters. The largest absolute Gasteiger partial charge is 0.491 e. The molecule has 19 heavy (non-hydrogen) atoms. The Kier molecular flexibility index (Phi) is 5.56. The highest BCUT2D eigenvalue weighted by atomic mass is 32.1. The van der Waals surface area contributed by atoms with Gasteiger partial charge in [0.25, 0.3) is 0 Å². The summed E-state index contributed by atoms with van der Waals surface area (Å²) in [5.41, 5.74) is 6.09. The van der Waals surface area contributed by atoms with Crippen molar-refractivity contribution in [1.29, 1.82) is 0 Å². The van der Waals surface area contributed by atoms with E-state index in [0.29, 0.717) is 11.3 Å². The number of hydrogen-bond donors (Lipinski definition) is 1. The smallest absolute Gasteiger partial charge is 0.414 e. The van der Waals surface area contributed by atoms with E-state index in [2.05, 4.69) is 4.74 Å². The standard InChI is InChI=1S/C12H14F3NO2S/c1-8(12(13,14)15)17-5-6-18-10-4-2-3-9(7-10)11(16)19/h2-4,7-8H,5-6H2,1H3,(H2,16,19). The molecule has 0 bridgehead atoms. The summed E-state index contributed by atoms with van der Waals surface area (Å²) in [5, 5.41) is 0. The number of benzene rings is 1. The number of thiocarbonyl (C=S) groups is 1. The van der Waals surface area contributed by atoms with Gasteiger partial charge in [-0.2, -0.15) is 13.2 Å². The van der Waals surface area contributed by atoms with E-state index >= 15 is 0 Å². The minimum absolute atomic E-state index is 0.0151. The molecule has 0 fully saturated rings. The molecule has 1 atom stereocenters. The third-order valence-electron chi connectivity index (χ3n) is 2.30. The normalized spacial score (nSPS) is 13.1. The predicted molar refractivity (Wildman–Crippen MR) is 69.3 cm³/mol. The van der Waals surface area contributed by atoms with Crippen LogP contribution in [-0.4, -0.2) is 30.5 Å². The first-order chi connectivity index (χ1) is 8.80. The minimum atomic E-state index is -4.36. The Morgan fingerprint density at radius 1 is 1.37 bits per heavy atom. The van der Waals surface area contributed by atoms with Gasteiger partial charge in [0.1, 0.15) is 17.3 Å². The Hall–Kier alpha value is -1.34. The lowest BCUT2D eigenvalue weighted by Gasteiger charge is -2.16. The molecular weight excluding hydrogens is 279 g/mol. The van der Waals surface area contributed by atoms with Crippen molar-refractivity contribution in [3.63, 3.8) is 0 Å². The Morgan fingerprint density at radius 2 is 2.05 bits per heavy atom. The summed E-state index contributed by atoms with van der Waals surface area (Å²) in [6.07, 6.45) is -6.16. The van der Waals surface area contributed by atoms with Crippen molar-refractivity contribution in [2.45, 2.75) is 19.2 Å². The van der Waals surface area contributed by atoms with Gasteiger partial charge in [-0.05, 0) is 19.1 Å². The maximum atomic E-state index is 12.1. The van der Waals surface area contributed by atoms with Gasteiger partial charge in [0.05, 0.1) is 6.61 Å². The molecule has 0 heterocycles. The first-order valence-electron chi connectivity index (χ1n) is 5.51. The fraction of sp³-hybridized carbons (Fsp3) is 0.417. The molecule has 7 heteroatoms. The van der Waals surface area contributed by atoms with Gasteiger partial charge in [0.15, 0.2) is 6.10 Å². The van der Waals surface area contributed by atoms with Crippen LogP contribution >= 0.6 is 12.2 Å². The van der Waals surface area contributed by atoms with Gasteiger partial charge in [-0.3, -0.25) is 0 Å². The zero-order chi connectivity index (χ0) is 14.5. The number of nitrogens with two attached hydrogens (primary N) is 1. The molecule has 1 rings (SSSR count). The van der Waals surface area contributed by atoms with E-state index in [1.54, 1.807) is 24.3 Å². The maximum Gasteiger partial charge on any atom is 0.414 e. The van der Waals surface area contributed by atoms with E-state index in [1.165, 1.54) is 0 Å². The van der Waals surface area contributed by atoms with E-state index in [4.69, 9.17) is 22.7 Å². The molecule has 0 aromatic heterocycles. The Bertz CT molecular complexity index is 437. The van der Waals surface area contributed by atoms with Crippen LogP contribution in [0.4, 0.5) is 13.2 Å². The van der Waals surface area contributed by atoms with Gasteiger partial charge in [-0.15, -0.1) is 0 Å². The molecule has 1 aromatic rings. The number of ether oxygens (including phenoxy) is 2. The molecule has 0 spiro atoms. The maximum absolute atomic E-state index is 12.1. The van der Waals surface area contributed by atoms with Crippen LogP contribution in [0.3, 0.4) is 0 Å². The van der Waals surface area contributed by atoms with Crippen molar-refractivity contribution < 1.29 is 22.6 Å². The zero-order valence-electron chi connectivity index (χ0n) is 10.2. The third-order valence-corrected chi connectivity index (χ3v) is 2.54. The Labute approximate surface area is 114 Å². The van der Waals surface area contributed by atoms with Gasteiger partial charge in [0.2, 0.25) is 0 Å². The van der Waals surface area contributed by atoms with E-state index in [1.807, 2.05) is 0 Å². The summed E-state index contributed by atoms with van der Waals surface area (Å²) < 4.78 is 46.3. The molecule has 0 aliphatic rings. The molecule has 1 aromatic carbocycles. The molecule has 0 saturated heterocycles. The SMILES string of the molecule is CC(OCCOc1cccc(C(N)=S)c1)C(F)(F)F. The lowest BCUT2D eigenvalue weighted by Crippen LogP contribution is -2.29. The monoisotopic (exact) mass is 293 g/mol. The average molecular weight is 293 g/mol. The van der Waals surface area contributed by atoms with Gasteiger partial charge < -0.3 is 15.2 Å². The molecule has 0 radical (unpaired) electrons. The number of halogens is 3. The van der Waals surface area contributed by atoms with E-state index in [0.717, 1.165) is 6.92 Å². The highest BCUT2D eigenvalue weighted by molar-refractivity contribution is 7.80. The molecule has 0 aliphatic carbocycles. The lowest BCUT2D eigenvalue weighted by molar-refractivity contribution is -0.215. The first-order valence-corrected chi connectivity index (χ1v) is 5.92. The van der Waals surface area contributed by atoms with Crippen LogP contribution in [0.15, 0.2) is 24.3 Å². The van der Waals surface area contributed by atoms with Crippen molar-refractivity contribution in [1.82, 2.24) is 0 Å². The van der Waals surface area contributed by atoms with Crippen molar-refractivity contribution in [3.8, 4) is 5.75 Å². The highest BCUT2D eigenvalue weighted by Crippen LogP contribution is 2.22. The van der Waals surface area contributed by atoms with Gasteiger partial charge in [0, 0.05) is 5.56 Å². The summed E-state index contributed by atoms with van der Waals surface area (Å²) in [4.78, 5) is 0.229. The number of rotatable bonds is 6. The van der Waals surface area contributed by atoms with Crippen molar-refractivity contribution in [2.75, 3.05) is 13.2 Å². The average Bonchev–Trinajstić information content (AvgIpc) is 2.33. The van der Waals surface area contributed by atoms with Crippen LogP contribution < -0.4 is 10.5 Å². The van der Waals surface area contributed by atoms with Crippen molar-refractivity contribution in [3.05, 3.63) is 29.8 Å². The lowest BCUT2D eigenvalue weighted by atomic mass is 10.2. The predicted octanol–water partition coefficient (Wildman–Crippen LogP) is 2.67. The summed E-state index contributed by atoms with van der Waals surface area (Å²) in [6.45, 7) is 0.812. The zero-order valence-corrected chi connectivity index (χ0v) is 11.1. The van der Waals surface area contributed by atoms with Crippen LogP contribution in [-0.2, 0) is 4.74 Å². The fourth-order valence-corrected chi connectivity index (χ4v) is 1.35. The van der Waals surface area contributed by atoms with E-state index in [-0.39, 0.29) is 18.2 Å². The van der Waals surface area contributed by atoms with Crippen LogP contribution in [0, 0.1) is 0 Å². The number of alkyl halides is 3. The minimum Gasteiger partial charge on any atom is -0.491 e. The summed E-state index contributed by atoms with van der Waals surface area (Å²) in [7, 11) is 0. The molecule has 3 nitrogen and oxygen atoms in total. The molecule has 106 valence electrons. The van der Waals surface area contributed by atoms with E-state index < -0.39 is 12.3 Å². The van der Waals surface area contributed by atoms with Crippen LogP contribution in [0.5, 0.6) is 5.75 Å². The summed E-state index contributed by atoms with van der Waals surface area (Å²) >= 11 is 4.80. The van der Waals surface area contributed by atoms with Crippen LogP contribution in [0.25, 0.3) is 0 Å². The molecule has 0 aliphatic heterocycles. The summed E-state index contributed by atoms with van der Waals surface area (Å²) in [5.74, 6) is 0.480. The first kappa shape index (κ1) is 15.7. The van der Waals surface area contributed by atoms with Crippen LogP contribution in [0.2, 0.25) is 0 Å². The third kappa shape index (κ3) is 5.44. The second kappa shape index (κ2) is 6.72. The molecule has 0 amide bonds. The quantitative estimate of drug-likeness (QED) is 0.647. The number of hydrogen-bond acceptors (Lipinski definition) is 3. The Balaban J connectivity index is 2.38. The molecular formula is C12H14F3NO2S. The van der Waals surface area contributed by atoms with Crippen LogP contribution in [0.1, 0.15) is 12.5 Å².